The molecule has 0 bridgehead atoms. The van der Waals surface area contributed by atoms with Gasteiger partial charge in [0.05, 0.1) is 22.4 Å². The summed E-state index contributed by atoms with van der Waals surface area (Å²) in [5, 5.41) is 15.0. The van der Waals surface area contributed by atoms with Crippen LogP contribution in [0.3, 0.4) is 0 Å². The number of hydrogen-bond donors (Lipinski definition) is 1. The fourth-order valence-corrected chi connectivity index (χ4v) is 3.83. The van der Waals surface area contributed by atoms with Crippen LogP contribution in [0.4, 0.5) is 0 Å². The Hall–Kier alpha value is -2.08. The number of aliphatic carboxylic acids is 1. The predicted octanol–water partition coefficient (Wildman–Crippen LogP) is 6.43. The second kappa shape index (κ2) is 10.3. The van der Waals surface area contributed by atoms with E-state index in [1.165, 1.54) is 0 Å². The van der Waals surface area contributed by atoms with E-state index in [4.69, 9.17) is 32.8 Å². The average molecular weight is 450 g/mol. The van der Waals surface area contributed by atoms with Crippen molar-refractivity contribution < 1.29 is 19.5 Å². The second-order valence-electron chi connectivity index (χ2n) is 7.43. The van der Waals surface area contributed by atoms with E-state index in [9.17, 15) is 9.90 Å². The Bertz CT molecular complexity index is 903. The van der Waals surface area contributed by atoms with E-state index in [2.05, 4.69) is 12.1 Å². The van der Waals surface area contributed by atoms with Gasteiger partial charge in [-0.15, -0.1) is 0 Å². The highest BCUT2D eigenvalue weighted by Crippen LogP contribution is 2.42. The first-order chi connectivity index (χ1) is 14.5. The fourth-order valence-electron chi connectivity index (χ4n) is 3.52. The Morgan fingerprint density at radius 3 is 2.63 bits per heavy atom. The highest BCUT2D eigenvalue weighted by Gasteiger charge is 2.54. The fraction of sp³-hybridized carbons (Fsp3) is 0.391. The average Bonchev–Trinajstić information content (AvgIpc) is 3.17. The van der Waals surface area contributed by atoms with Crippen molar-refractivity contribution in [3.05, 3.63) is 69.7 Å². The van der Waals surface area contributed by atoms with Crippen LogP contribution in [-0.2, 0) is 21.0 Å². The molecule has 0 fully saturated rings. The van der Waals surface area contributed by atoms with Gasteiger partial charge in [-0.1, -0.05) is 84.5 Å². The number of halogens is 2. The van der Waals surface area contributed by atoms with E-state index in [1.54, 1.807) is 18.2 Å². The van der Waals surface area contributed by atoms with Crippen LogP contribution < -0.4 is 0 Å². The first-order valence-electron chi connectivity index (χ1n) is 10.0. The Morgan fingerprint density at radius 2 is 1.97 bits per heavy atom. The van der Waals surface area contributed by atoms with Crippen molar-refractivity contribution in [2.45, 2.75) is 57.3 Å². The Balaban J connectivity index is 1.90. The maximum absolute atomic E-state index is 12.4. The number of hydrogen-bond acceptors (Lipinski definition) is 4. The van der Waals surface area contributed by atoms with Gasteiger partial charge in [-0.2, -0.15) is 0 Å². The lowest BCUT2D eigenvalue weighted by atomic mass is 9.85. The summed E-state index contributed by atoms with van der Waals surface area (Å²) >= 11 is 12.3. The van der Waals surface area contributed by atoms with Crippen molar-refractivity contribution in [2.24, 2.45) is 5.16 Å². The highest BCUT2D eigenvalue weighted by atomic mass is 35.5. The third-order valence-corrected chi connectivity index (χ3v) is 5.90. The van der Waals surface area contributed by atoms with Crippen molar-refractivity contribution in [1.82, 2.24) is 0 Å². The van der Waals surface area contributed by atoms with E-state index in [0.29, 0.717) is 22.0 Å². The summed E-state index contributed by atoms with van der Waals surface area (Å²) in [7, 11) is 0. The molecule has 0 amide bonds. The van der Waals surface area contributed by atoms with Crippen LogP contribution in [0.1, 0.15) is 56.3 Å². The molecule has 2 aromatic rings. The minimum atomic E-state index is -1.66. The van der Waals surface area contributed by atoms with Gasteiger partial charge in [0.2, 0.25) is 0 Å². The standard InChI is InChI=1S/C23H25Cl2NO4/c1-2-3-5-10-18-14-23(22(27)28,30-26-18)21(17-11-12-19(24)20(25)13-17)29-15-16-8-6-4-7-9-16/h4,6-9,11-13,21H,2-3,5,10,14-15H2,1H3,(H,27,28). The van der Waals surface area contributed by atoms with Gasteiger partial charge < -0.3 is 14.7 Å². The maximum atomic E-state index is 12.4. The first kappa shape index (κ1) is 22.6. The van der Waals surface area contributed by atoms with Gasteiger partial charge in [-0.05, 0) is 36.1 Å². The molecule has 0 aliphatic carbocycles. The van der Waals surface area contributed by atoms with Gasteiger partial charge >= 0.3 is 5.97 Å². The summed E-state index contributed by atoms with van der Waals surface area (Å²) in [6.07, 6.45) is 3.01. The molecule has 160 valence electrons. The molecule has 30 heavy (non-hydrogen) atoms. The Morgan fingerprint density at radius 1 is 1.20 bits per heavy atom. The smallest absolute Gasteiger partial charge is 0.354 e. The minimum Gasteiger partial charge on any atom is -0.478 e. The molecular weight excluding hydrogens is 425 g/mol. The van der Waals surface area contributed by atoms with Crippen LogP contribution in [0.15, 0.2) is 53.7 Å². The van der Waals surface area contributed by atoms with Crippen LogP contribution in [-0.4, -0.2) is 22.4 Å². The number of carboxylic acid groups (broad SMARTS) is 1. The number of benzene rings is 2. The highest BCUT2D eigenvalue weighted by molar-refractivity contribution is 6.42. The third kappa shape index (κ3) is 5.15. The first-order valence-corrected chi connectivity index (χ1v) is 10.8. The second-order valence-corrected chi connectivity index (χ2v) is 8.24. The number of rotatable bonds is 10. The molecule has 1 aliphatic heterocycles. The molecule has 2 unspecified atom stereocenters. The largest absolute Gasteiger partial charge is 0.478 e. The quantitative estimate of drug-likeness (QED) is 0.424. The maximum Gasteiger partial charge on any atom is 0.354 e. The van der Waals surface area contributed by atoms with Gasteiger partial charge in [-0.3, -0.25) is 0 Å². The SMILES string of the molecule is CCCCCC1=NOC(C(=O)O)(C(OCc2ccccc2)c2ccc(Cl)c(Cl)c2)C1. The molecule has 0 radical (unpaired) electrons. The molecule has 2 aromatic carbocycles. The summed E-state index contributed by atoms with van der Waals surface area (Å²) in [6, 6.07) is 14.5. The van der Waals surface area contributed by atoms with E-state index in [1.807, 2.05) is 30.3 Å². The van der Waals surface area contributed by atoms with Crippen LogP contribution in [0.2, 0.25) is 10.0 Å². The van der Waals surface area contributed by atoms with Gasteiger partial charge in [0, 0.05) is 6.42 Å². The van der Waals surface area contributed by atoms with Gasteiger partial charge in [0.1, 0.15) is 6.10 Å². The summed E-state index contributed by atoms with van der Waals surface area (Å²) < 4.78 is 6.15. The van der Waals surface area contributed by atoms with Crippen LogP contribution in [0, 0.1) is 0 Å². The monoisotopic (exact) mass is 449 g/mol. The summed E-state index contributed by atoms with van der Waals surface area (Å²) in [5.41, 5.74) is 0.574. The molecule has 1 heterocycles. The minimum absolute atomic E-state index is 0.158. The summed E-state index contributed by atoms with van der Waals surface area (Å²) in [5.74, 6) is -1.12. The molecule has 0 spiro atoms. The van der Waals surface area contributed by atoms with Crippen LogP contribution in [0.25, 0.3) is 0 Å². The van der Waals surface area contributed by atoms with E-state index in [0.717, 1.165) is 30.5 Å². The van der Waals surface area contributed by atoms with Crippen molar-refractivity contribution in [3.8, 4) is 0 Å². The third-order valence-electron chi connectivity index (χ3n) is 5.16. The number of oxime groups is 1. The van der Waals surface area contributed by atoms with E-state index < -0.39 is 17.7 Å². The molecule has 1 aliphatic rings. The number of ether oxygens (including phenoxy) is 1. The summed E-state index contributed by atoms with van der Waals surface area (Å²) in [6.45, 7) is 2.33. The Labute approximate surface area is 186 Å². The molecule has 3 rings (SSSR count). The molecule has 2 atom stereocenters. The van der Waals surface area contributed by atoms with Crippen LogP contribution >= 0.6 is 23.2 Å². The topological polar surface area (TPSA) is 68.1 Å². The van der Waals surface area contributed by atoms with Gasteiger partial charge in [-0.25, -0.2) is 4.79 Å². The van der Waals surface area contributed by atoms with Crippen molar-refractivity contribution in [3.63, 3.8) is 0 Å². The van der Waals surface area contributed by atoms with Crippen LogP contribution in [0.5, 0.6) is 0 Å². The van der Waals surface area contributed by atoms with Crippen molar-refractivity contribution in [1.29, 1.82) is 0 Å². The van der Waals surface area contributed by atoms with E-state index >= 15 is 0 Å². The lowest BCUT2D eigenvalue weighted by molar-refractivity contribution is -0.187. The normalized spacial score (nSPS) is 19.2. The van der Waals surface area contributed by atoms with Crippen molar-refractivity contribution in [2.75, 3.05) is 0 Å². The molecular formula is C23H25Cl2NO4. The lowest BCUT2D eigenvalue weighted by Crippen LogP contribution is -2.46. The Kier molecular flexibility index (Phi) is 7.75. The number of unbranched alkanes of at least 4 members (excludes halogenated alkanes) is 2. The molecule has 1 N–H and O–H groups in total. The zero-order valence-electron chi connectivity index (χ0n) is 16.8. The zero-order chi connectivity index (χ0) is 21.6. The van der Waals surface area contributed by atoms with Gasteiger partial charge in [0.25, 0.3) is 5.60 Å². The number of carbonyl (C=O) groups is 1. The molecule has 5 nitrogen and oxygen atoms in total. The molecule has 0 saturated heterocycles. The number of carboxylic acids is 1. The molecule has 0 aromatic heterocycles. The lowest BCUT2D eigenvalue weighted by Gasteiger charge is -2.31. The summed E-state index contributed by atoms with van der Waals surface area (Å²) in [4.78, 5) is 18.0. The molecule has 7 heteroatoms. The van der Waals surface area contributed by atoms with E-state index in [-0.39, 0.29) is 13.0 Å². The predicted molar refractivity (Wildman–Crippen MR) is 118 cm³/mol. The molecule has 0 saturated carbocycles. The van der Waals surface area contributed by atoms with Crippen molar-refractivity contribution >= 4 is 34.9 Å². The number of nitrogens with zero attached hydrogens (tertiary/aromatic N) is 1. The van der Waals surface area contributed by atoms with Gasteiger partial charge in [0.15, 0.2) is 0 Å². The zero-order valence-corrected chi connectivity index (χ0v) is 18.3.